The summed E-state index contributed by atoms with van der Waals surface area (Å²) in [6.45, 7) is 0. The molecule has 0 saturated heterocycles. The fourth-order valence-corrected chi connectivity index (χ4v) is 5.55. The number of rotatable bonds is 4. The summed E-state index contributed by atoms with van der Waals surface area (Å²) in [6, 6.07) is 47.4. The van der Waals surface area contributed by atoms with Crippen molar-refractivity contribution in [3.63, 3.8) is 0 Å². The molecule has 0 N–H and O–H groups in total. The maximum Gasteiger partial charge on any atom is 0.164 e. The summed E-state index contributed by atoms with van der Waals surface area (Å²) in [6.07, 6.45) is 0. The summed E-state index contributed by atoms with van der Waals surface area (Å²) in [5.74, 6) is 1.86. The Morgan fingerprint density at radius 2 is 0.951 bits per heavy atom. The number of benzene rings is 6. The second-order valence-electron chi connectivity index (χ2n) is 10.1. The normalized spacial score (nSPS) is 11.4. The van der Waals surface area contributed by atoms with E-state index in [1.165, 1.54) is 0 Å². The van der Waals surface area contributed by atoms with Crippen LogP contribution >= 0.6 is 0 Å². The Morgan fingerprint density at radius 1 is 0.415 bits per heavy atom. The lowest BCUT2D eigenvalue weighted by Crippen LogP contribution is -2.00. The molecule has 0 aliphatic rings. The Bertz CT molecular complexity index is 2130. The van der Waals surface area contributed by atoms with E-state index in [1.807, 2.05) is 66.7 Å². The Kier molecular flexibility index (Phi) is 5.42. The van der Waals surface area contributed by atoms with Crippen molar-refractivity contribution < 1.29 is 4.42 Å². The molecule has 192 valence electrons. The highest BCUT2D eigenvalue weighted by Crippen LogP contribution is 2.41. The van der Waals surface area contributed by atoms with Gasteiger partial charge < -0.3 is 4.42 Å². The van der Waals surface area contributed by atoms with Crippen LogP contribution in [0.3, 0.4) is 0 Å². The Balaban J connectivity index is 1.43. The predicted molar refractivity (Wildman–Crippen MR) is 166 cm³/mol. The first-order valence-electron chi connectivity index (χ1n) is 13.6. The monoisotopic (exact) mass is 525 g/mol. The van der Waals surface area contributed by atoms with Gasteiger partial charge in [-0.3, -0.25) is 0 Å². The number of fused-ring (bicyclic) bond motifs is 5. The summed E-state index contributed by atoms with van der Waals surface area (Å²) in [5, 5.41) is 4.42. The molecule has 0 bridgehead atoms. The molecule has 41 heavy (non-hydrogen) atoms. The number of hydrogen-bond acceptors (Lipinski definition) is 4. The average Bonchev–Trinajstić information content (AvgIpc) is 3.45. The summed E-state index contributed by atoms with van der Waals surface area (Å²) >= 11 is 0. The third-order valence-electron chi connectivity index (χ3n) is 7.51. The van der Waals surface area contributed by atoms with Crippen molar-refractivity contribution in [1.82, 2.24) is 15.0 Å². The maximum absolute atomic E-state index is 6.65. The fourth-order valence-electron chi connectivity index (χ4n) is 5.55. The zero-order valence-corrected chi connectivity index (χ0v) is 22.0. The smallest absolute Gasteiger partial charge is 0.164 e. The molecular formula is C37H23N3O. The third-order valence-corrected chi connectivity index (χ3v) is 7.51. The summed E-state index contributed by atoms with van der Waals surface area (Å²) in [7, 11) is 0. The van der Waals surface area contributed by atoms with Gasteiger partial charge in [0.25, 0.3) is 0 Å². The van der Waals surface area contributed by atoms with Gasteiger partial charge in [0.15, 0.2) is 17.5 Å². The lowest BCUT2D eigenvalue weighted by atomic mass is 9.96. The van der Waals surface area contributed by atoms with E-state index in [-0.39, 0.29) is 0 Å². The molecule has 0 spiro atoms. The van der Waals surface area contributed by atoms with E-state index in [9.17, 15) is 0 Å². The molecule has 0 amide bonds. The highest BCUT2D eigenvalue weighted by molar-refractivity contribution is 6.19. The minimum atomic E-state index is 0.599. The molecule has 8 rings (SSSR count). The molecule has 6 aromatic carbocycles. The highest BCUT2D eigenvalue weighted by atomic mass is 16.3. The lowest BCUT2D eigenvalue weighted by molar-refractivity contribution is 0.673. The van der Waals surface area contributed by atoms with Crippen molar-refractivity contribution in [2.24, 2.45) is 0 Å². The first-order valence-corrected chi connectivity index (χ1v) is 13.6. The molecular weight excluding hydrogens is 502 g/mol. The number of aromatic nitrogens is 3. The highest BCUT2D eigenvalue weighted by Gasteiger charge is 2.19. The summed E-state index contributed by atoms with van der Waals surface area (Å²) < 4.78 is 6.65. The van der Waals surface area contributed by atoms with Crippen LogP contribution in [0.2, 0.25) is 0 Å². The minimum Gasteiger partial charge on any atom is -0.455 e. The van der Waals surface area contributed by atoms with Crippen molar-refractivity contribution in [1.29, 1.82) is 0 Å². The van der Waals surface area contributed by atoms with E-state index in [0.717, 1.165) is 60.5 Å². The van der Waals surface area contributed by atoms with Crippen LogP contribution in [0.1, 0.15) is 0 Å². The van der Waals surface area contributed by atoms with Crippen LogP contribution < -0.4 is 0 Å². The van der Waals surface area contributed by atoms with Gasteiger partial charge in [0.05, 0.1) is 0 Å². The van der Waals surface area contributed by atoms with E-state index in [1.54, 1.807) is 0 Å². The van der Waals surface area contributed by atoms with Gasteiger partial charge >= 0.3 is 0 Å². The van der Waals surface area contributed by atoms with Crippen molar-refractivity contribution in [2.75, 3.05) is 0 Å². The summed E-state index contributed by atoms with van der Waals surface area (Å²) in [4.78, 5) is 14.8. The Morgan fingerprint density at radius 3 is 1.59 bits per heavy atom. The largest absolute Gasteiger partial charge is 0.455 e. The second kappa shape index (κ2) is 9.54. The van der Waals surface area contributed by atoms with E-state index >= 15 is 0 Å². The van der Waals surface area contributed by atoms with Gasteiger partial charge in [-0.1, -0.05) is 121 Å². The van der Waals surface area contributed by atoms with Gasteiger partial charge in [-0.15, -0.1) is 0 Å². The number of nitrogens with zero attached hydrogens (tertiary/aromatic N) is 3. The molecule has 0 unspecified atom stereocenters. The fraction of sp³-hybridized carbons (Fsp3) is 0. The van der Waals surface area contributed by atoms with Crippen molar-refractivity contribution in [3.05, 3.63) is 140 Å². The molecule has 0 atom stereocenters. The summed E-state index contributed by atoms with van der Waals surface area (Å²) in [5.41, 5.74) is 6.62. The van der Waals surface area contributed by atoms with Gasteiger partial charge in [0.1, 0.15) is 11.2 Å². The van der Waals surface area contributed by atoms with Crippen LogP contribution in [0.4, 0.5) is 0 Å². The first kappa shape index (κ1) is 23.3. The molecule has 8 aromatic rings. The number of furan rings is 1. The van der Waals surface area contributed by atoms with Crippen LogP contribution in [0.5, 0.6) is 0 Å². The minimum absolute atomic E-state index is 0.599. The lowest BCUT2D eigenvalue weighted by Gasteiger charge is -2.10. The van der Waals surface area contributed by atoms with Gasteiger partial charge in [0, 0.05) is 32.8 Å². The third kappa shape index (κ3) is 4.05. The molecule has 4 nitrogen and oxygen atoms in total. The Labute approximate surface area is 236 Å². The van der Waals surface area contributed by atoms with Crippen molar-refractivity contribution >= 4 is 32.7 Å². The van der Waals surface area contributed by atoms with Crippen LogP contribution in [0, 0.1) is 0 Å². The van der Waals surface area contributed by atoms with Crippen molar-refractivity contribution in [2.45, 2.75) is 0 Å². The van der Waals surface area contributed by atoms with E-state index in [0.29, 0.717) is 17.5 Å². The van der Waals surface area contributed by atoms with Crippen molar-refractivity contribution in [3.8, 4) is 45.3 Å². The number of hydrogen-bond donors (Lipinski definition) is 0. The van der Waals surface area contributed by atoms with Gasteiger partial charge in [-0.25, -0.2) is 15.0 Å². The molecule has 0 aliphatic heterocycles. The van der Waals surface area contributed by atoms with Gasteiger partial charge in [0.2, 0.25) is 0 Å². The maximum atomic E-state index is 6.65. The van der Waals surface area contributed by atoms with Gasteiger partial charge in [-0.2, -0.15) is 0 Å². The van der Waals surface area contributed by atoms with Crippen LogP contribution in [0.25, 0.3) is 78.0 Å². The standard InChI is InChI=1S/C37H23N3O/c1-4-12-24(13-5-1)31-22-28(23-32-33(31)30-21-20-25-14-10-11-19-29(25)34(30)41-32)37-39-35(26-15-6-2-7-16-26)38-36(40-37)27-17-8-3-9-18-27/h1-23H. The van der Waals surface area contributed by atoms with E-state index in [2.05, 4.69) is 72.8 Å². The molecule has 2 aromatic heterocycles. The molecule has 4 heteroatoms. The zero-order chi connectivity index (χ0) is 27.2. The average molecular weight is 526 g/mol. The molecule has 0 fully saturated rings. The van der Waals surface area contributed by atoms with E-state index in [4.69, 9.17) is 19.4 Å². The SMILES string of the molecule is c1ccc(-c2nc(-c3ccccc3)nc(-c3cc(-c4ccccc4)c4c(c3)oc3c5ccccc5ccc34)n2)cc1. The topological polar surface area (TPSA) is 51.8 Å². The Hall–Kier alpha value is -5.61. The zero-order valence-electron chi connectivity index (χ0n) is 22.0. The quantitative estimate of drug-likeness (QED) is 0.230. The second-order valence-corrected chi connectivity index (χ2v) is 10.1. The molecule has 2 heterocycles. The molecule has 0 radical (unpaired) electrons. The first-order chi connectivity index (χ1) is 20.3. The molecule has 0 aliphatic carbocycles. The van der Waals surface area contributed by atoms with Crippen LogP contribution in [-0.2, 0) is 0 Å². The van der Waals surface area contributed by atoms with E-state index < -0.39 is 0 Å². The molecule has 0 saturated carbocycles. The van der Waals surface area contributed by atoms with Crippen LogP contribution in [0.15, 0.2) is 144 Å². The van der Waals surface area contributed by atoms with Crippen LogP contribution in [-0.4, -0.2) is 15.0 Å². The van der Waals surface area contributed by atoms with Gasteiger partial charge in [-0.05, 0) is 34.7 Å². The predicted octanol–water partition coefficient (Wildman–Crippen LogP) is 9.59.